The summed E-state index contributed by atoms with van der Waals surface area (Å²) in [4.78, 5) is 46.9. The van der Waals surface area contributed by atoms with Gasteiger partial charge in [-0.3, -0.25) is 24.3 Å². The van der Waals surface area contributed by atoms with Gasteiger partial charge in [-0.1, -0.05) is 6.07 Å². The first-order chi connectivity index (χ1) is 18.9. The molecule has 1 aliphatic heterocycles. The highest BCUT2D eigenvalue weighted by Crippen LogP contribution is 2.35. The van der Waals surface area contributed by atoms with E-state index in [2.05, 4.69) is 9.88 Å². The van der Waals surface area contributed by atoms with E-state index < -0.39 is 0 Å². The van der Waals surface area contributed by atoms with Crippen molar-refractivity contribution in [2.24, 2.45) is 0 Å². The Morgan fingerprint density at radius 1 is 1.00 bits per heavy atom. The number of aromatic nitrogens is 2. The first kappa shape index (κ1) is 26.2. The summed E-state index contributed by atoms with van der Waals surface area (Å²) in [5, 5.41) is 0.798. The molecular formula is C29H31N5O5. The Balaban J connectivity index is 1.22. The average Bonchev–Trinajstić information content (AvgIpc) is 3.41. The molecule has 0 saturated carbocycles. The second-order valence-electron chi connectivity index (χ2n) is 9.59. The van der Waals surface area contributed by atoms with Crippen LogP contribution in [0.1, 0.15) is 18.4 Å². The van der Waals surface area contributed by atoms with Gasteiger partial charge in [0.1, 0.15) is 12.2 Å². The van der Waals surface area contributed by atoms with Crippen molar-refractivity contribution in [2.75, 3.05) is 43.6 Å². The second kappa shape index (κ2) is 11.5. The molecule has 0 aliphatic carbocycles. The van der Waals surface area contributed by atoms with Crippen LogP contribution >= 0.6 is 0 Å². The van der Waals surface area contributed by atoms with Crippen molar-refractivity contribution < 1.29 is 18.7 Å². The van der Waals surface area contributed by atoms with E-state index in [1.807, 2.05) is 30.5 Å². The van der Waals surface area contributed by atoms with Gasteiger partial charge in [0.25, 0.3) is 5.56 Å². The fourth-order valence-electron chi connectivity index (χ4n) is 4.70. The van der Waals surface area contributed by atoms with E-state index >= 15 is 0 Å². The molecule has 0 fully saturated rings. The zero-order valence-corrected chi connectivity index (χ0v) is 22.1. The molecule has 4 aromatic rings. The summed E-state index contributed by atoms with van der Waals surface area (Å²) in [6.07, 6.45) is 7.52. The van der Waals surface area contributed by atoms with Crippen LogP contribution in [0, 0.1) is 0 Å². The highest BCUT2D eigenvalue weighted by Gasteiger charge is 2.27. The van der Waals surface area contributed by atoms with Crippen molar-refractivity contribution in [2.45, 2.75) is 25.9 Å². The monoisotopic (exact) mass is 529 g/mol. The third-order valence-electron chi connectivity index (χ3n) is 6.98. The molecule has 0 saturated heterocycles. The van der Waals surface area contributed by atoms with Gasteiger partial charge in [0.15, 0.2) is 5.58 Å². The van der Waals surface area contributed by atoms with Crippen LogP contribution in [0.4, 0.5) is 11.4 Å². The SMILES string of the molecule is CN1C(=O)CC(=O)N(C)c2cc(OCCCN(CCn3ccc4ccoc4c3=O)Cc3cccnc3)ccc21. The van der Waals surface area contributed by atoms with Gasteiger partial charge in [-0.2, -0.15) is 0 Å². The third kappa shape index (κ3) is 5.85. The van der Waals surface area contributed by atoms with E-state index in [1.165, 1.54) is 16.1 Å². The summed E-state index contributed by atoms with van der Waals surface area (Å²) in [5.41, 5.74) is 2.63. The minimum Gasteiger partial charge on any atom is -0.493 e. The Bertz CT molecular complexity index is 1530. The molecular weight excluding hydrogens is 498 g/mol. The van der Waals surface area contributed by atoms with Gasteiger partial charge in [0.05, 0.1) is 24.2 Å². The summed E-state index contributed by atoms with van der Waals surface area (Å²) in [6, 6.07) is 13.0. The first-order valence-corrected chi connectivity index (χ1v) is 12.9. The molecule has 5 rings (SSSR count). The predicted molar refractivity (Wildman–Crippen MR) is 148 cm³/mol. The van der Waals surface area contributed by atoms with E-state index in [0.717, 1.165) is 23.9 Å². The molecule has 0 atom stereocenters. The quantitative estimate of drug-likeness (QED) is 0.230. The maximum Gasteiger partial charge on any atom is 0.294 e. The van der Waals surface area contributed by atoms with Crippen LogP contribution in [0.3, 0.4) is 0 Å². The summed E-state index contributed by atoms with van der Waals surface area (Å²) in [7, 11) is 3.34. The molecule has 1 aromatic carbocycles. The summed E-state index contributed by atoms with van der Waals surface area (Å²) in [5.74, 6) is 0.145. The highest BCUT2D eigenvalue weighted by molar-refractivity contribution is 6.15. The molecule has 0 N–H and O–H groups in total. The van der Waals surface area contributed by atoms with Gasteiger partial charge in [0, 0.05) is 70.3 Å². The minimum absolute atomic E-state index is 0.138. The molecule has 10 nitrogen and oxygen atoms in total. The number of carbonyl (C=O) groups is 2. The molecule has 0 unspecified atom stereocenters. The van der Waals surface area contributed by atoms with Gasteiger partial charge < -0.3 is 23.5 Å². The van der Waals surface area contributed by atoms with Gasteiger partial charge in [0.2, 0.25) is 11.8 Å². The number of pyridine rings is 2. The van der Waals surface area contributed by atoms with Crippen molar-refractivity contribution in [1.82, 2.24) is 14.5 Å². The van der Waals surface area contributed by atoms with Crippen LogP contribution in [0.25, 0.3) is 11.0 Å². The van der Waals surface area contributed by atoms with Crippen LogP contribution in [-0.2, 0) is 22.7 Å². The number of hydrogen-bond donors (Lipinski definition) is 0. The van der Waals surface area contributed by atoms with Crippen molar-refractivity contribution in [1.29, 1.82) is 0 Å². The van der Waals surface area contributed by atoms with Crippen LogP contribution in [0.2, 0.25) is 0 Å². The van der Waals surface area contributed by atoms with E-state index in [1.54, 1.807) is 49.3 Å². The average molecular weight is 530 g/mol. The fraction of sp³-hybridized carbons (Fsp3) is 0.310. The number of amides is 2. The standard InChI is InChI=1S/C29H31N5O5/c1-31-24-7-6-23(17-25(24)32(2)27(36)18-26(31)35)38-15-4-11-33(20-21-5-3-10-30-19-21)13-14-34-12-8-22-9-16-39-28(22)29(34)37/h3,5-10,12,16-17,19H,4,11,13-15,18,20H2,1-2H3. The molecule has 1 aliphatic rings. The number of ether oxygens (including phenoxy) is 1. The molecule has 3 aromatic heterocycles. The number of nitrogens with zero attached hydrogens (tertiary/aromatic N) is 5. The Hall–Kier alpha value is -4.44. The molecule has 10 heteroatoms. The summed E-state index contributed by atoms with van der Waals surface area (Å²) in [6.45, 7) is 3.08. The van der Waals surface area contributed by atoms with Gasteiger partial charge in [-0.15, -0.1) is 0 Å². The lowest BCUT2D eigenvalue weighted by molar-refractivity contribution is -0.125. The lowest BCUT2D eigenvalue weighted by Crippen LogP contribution is -2.32. The molecule has 39 heavy (non-hydrogen) atoms. The fourth-order valence-corrected chi connectivity index (χ4v) is 4.70. The lowest BCUT2D eigenvalue weighted by Gasteiger charge is -2.23. The number of rotatable bonds is 10. The number of carbonyl (C=O) groups excluding carboxylic acids is 2. The molecule has 0 radical (unpaired) electrons. The third-order valence-corrected chi connectivity index (χ3v) is 6.98. The van der Waals surface area contributed by atoms with Crippen LogP contribution in [-0.4, -0.2) is 60.1 Å². The summed E-state index contributed by atoms with van der Waals surface area (Å²) < 4.78 is 13.1. The van der Waals surface area contributed by atoms with Gasteiger partial charge in [-0.25, -0.2) is 0 Å². The maximum atomic E-state index is 12.8. The highest BCUT2D eigenvalue weighted by atomic mass is 16.5. The van der Waals surface area contributed by atoms with E-state index in [9.17, 15) is 14.4 Å². The largest absolute Gasteiger partial charge is 0.493 e. The number of furan rings is 1. The van der Waals surface area contributed by atoms with E-state index in [-0.39, 0.29) is 23.8 Å². The smallest absolute Gasteiger partial charge is 0.294 e. The topological polar surface area (TPSA) is 101 Å². The van der Waals surface area contributed by atoms with E-state index in [4.69, 9.17) is 9.15 Å². The molecule has 0 spiro atoms. The lowest BCUT2D eigenvalue weighted by atomic mass is 10.2. The Labute approximate surface area is 226 Å². The van der Waals surface area contributed by atoms with Crippen molar-refractivity contribution in [3.05, 3.63) is 83.2 Å². The zero-order valence-electron chi connectivity index (χ0n) is 22.1. The maximum absolute atomic E-state index is 12.8. The number of benzene rings is 1. The predicted octanol–water partition coefficient (Wildman–Crippen LogP) is 3.29. The normalized spacial score (nSPS) is 13.7. The molecule has 2 amide bonds. The minimum atomic E-state index is -0.251. The van der Waals surface area contributed by atoms with Crippen LogP contribution in [0.15, 0.2) is 76.5 Å². The van der Waals surface area contributed by atoms with Gasteiger partial charge >= 0.3 is 0 Å². The zero-order chi connectivity index (χ0) is 27.4. The van der Waals surface area contributed by atoms with Crippen molar-refractivity contribution in [3.63, 3.8) is 0 Å². The first-order valence-electron chi connectivity index (χ1n) is 12.9. The molecule has 0 bridgehead atoms. The van der Waals surface area contributed by atoms with Crippen LogP contribution in [0.5, 0.6) is 5.75 Å². The van der Waals surface area contributed by atoms with E-state index in [0.29, 0.717) is 48.9 Å². The Kier molecular flexibility index (Phi) is 7.74. The molecule has 4 heterocycles. The van der Waals surface area contributed by atoms with Crippen LogP contribution < -0.4 is 20.1 Å². The Morgan fingerprint density at radius 2 is 1.82 bits per heavy atom. The van der Waals surface area contributed by atoms with Crippen molar-refractivity contribution >= 4 is 34.2 Å². The second-order valence-corrected chi connectivity index (χ2v) is 9.59. The van der Waals surface area contributed by atoms with Gasteiger partial charge in [-0.05, 0) is 42.3 Å². The molecule has 202 valence electrons. The Morgan fingerprint density at radius 3 is 2.62 bits per heavy atom. The van der Waals surface area contributed by atoms with Crippen molar-refractivity contribution in [3.8, 4) is 5.75 Å². The number of hydrogen-bond acceptors (Lipinski definition) is 7. The summed E-state index contributed by atoms with van der Waals surface area (Å²) >= 11 is 0. The number of anilines is 2. The number of fused-ring (bicyclic) bond motifs is 2.